The molecule has 0 unspecified atom stereocenters. The average Bonchev–Trinajstić information content (AvgIpc) is 2.67. The summed E-state index contributed by atoms with van der Waals surface area (Å²) in [5, 5.41) is 0. The fourth-order valence-corrected chi connectivity index (χ4v) is 4.53. The molecule has 3 rings (SSSR count). The fraction of sp³-hybridized carbons (Fsp3) is 0.105. The van der Waals surface area contributed by atoms with Crippen LogP contribution in [0.2, 0.25) is 0 Å². The minimum atomic E-state index is -4.77. The van der Waals surface area contributed by atoms with Crippen LogP contribution in [0.4, 0.5) is 18.9 Å². The van der Waals surface area contributed by atoms with Crippen molar-refractivity contribution < 1.29 is 21.6 Å². The van der Waals surface area contributed by atoms with Gasteiger partial charge in [-0.2, -0.15) is 13.2 Å². The normalized spacial score (nSPS) is 12.0. The maximum Gasteiger partial charge on any atom is 0.417 e. The fourth-order valence-electron chi connectivity index (χ4n) is 2.41. The third kappa shape index (κ3) is 5.05. The molecule has 0 fully saturated rings. The van der Waals surface area contributed by atoms with Gasteiger partial charge in [-0.15, -0.1) is 11.8 Å². The number of rotatable bonds is 6. The molecule has 1 aromatic heterocycles. The first-order valence-electron chi connectivity index (χ1n) is 8.06. The smallest absolute Gasteiger partial charge is 0.280 e. The molecule has 0 radical (unpaired) electrons. The van der Waals surface area contributed by atoms with E-state index in [9.17, 15) is 21.6 Å². The second-order valence-electron chi connectivity index (χ2n) is 5.77. The van der Waals surface area contributed by atoms with Crippen LogP contribution in [-0.4, -0.2) is 13.4 Å². The summed E-state index contributed by atoms with van der Waals surface area (Å²) in [5.74, 6) is 0.692. The minimum absolute atomic E-state index is 0.183. The predicted molar refractivity (Wildman–Crippen MR) is 102 cm³/mol. The maximum atomic E-state index is 13.1. The van der Waals surface area contributed by atoms with Crippen LogP contribution in [0, 0.1) is 0 Å². The van der Waals surface area contributed by atoms with Crippen molar-refractivity contribution in [3.63, 3.8) is 0 Å². The molecular formula is C19H15F3N2O2S2. The standard InChI is InChI=1S/C19H15F3N2O2S2/c20-19(21,22)17-5-1-2-6-18(17)28(25,26)24-15-7-9-16(10-8-15)27-13-14-4-3-11-23-12-14/h1-12,24H,13H2. The highest BCUT2D eigenvalue weighted by Crippen LogP contribution is 2.34. The number of aromatic nitrogens is 1. The van der Waals surface area contributed by atoms with E-state index >= 15 is 0 Å². The molecule has 3 aromatic rings. The Morgan fingerprint density at radius 2 is 1.68 bits per heavy atom. The van der Waals surface area contributed by atoms with Gasteiger partial charge in [0, 0.05) is 28.7 Å². The second-order valence-corrected chi connectivity index (χ2v) is 8.47. The highest BCUT2D eigenvalue weighted by Gasteiger charge is 2.36. The number of thioether (sulfide) groups is 1. The van der Waals surface area contributed by atoms with E-state index in [2.05, 4.69) is 9.71 Å². The summed E-state index contributed by atoms with van der Waals surface area (Å²) in [4.78, 5) is 4.12. The molecule has 0 saturated carbocycles. The van der Waals surface area contributed by atoms with Gasteiger partial charge >= 0.3 is 6.18 Å². The molecule has 1 N–H and O–H groups in total. The lowest BCUT2D eigenvalue weighted by atomic mass is 10.2. The SMILES string of the molecule is O=S(=O)(Nc1ccc(SCc2cccnc2)cc1)c1ccccc1C(F)(F)F. The molecule has 0 aliphatic carbocycles. The first-order chi connectivity index (χ1) is 13.3. The summed E-state index contributed by atoms with van der Waals surface area (Å²) < 4.78 is 66.4. The summed E-state index contributed by atoms with van der Waals surface area (Å²) in [6, 6.07) is 14.3. The van der Waals surface area contributed by atoms with Gasteiger partial charge in [0.05, 0.1) is 10.5 Å². The van der Waals surface area contributed by atoms with Crippen LogP contribution in [0.5, 0.6) is 0 Å². The Balaban J connectivity index is 1.73. The molecule has 0 spiro atoms. The van der Waals surface area contributed by atoms with Crippen LogP contribution in [0.25, 0.3) is 0 Å². The number of pyridine rings is 1. The lowest BCUT2D eigenvalue weighted by Crippen LogP contribution is -2.18. The molecule has 0 saturated heterocycles. The van der Waals surface area contributed by atoms with Crippen molar-refractivity contribution in [3.8, 4) is 0 Å². The van der Waals surface area contributed by atoms with Crippen molar-refractivity contribution in [2.24, 2.45) is 0 Å². The van der Waals surface area contributed by atoms with Crippen molar-refractivity contribution in [1.82, 2.24) is 4.98 Å². The van der Waals surface area contributed by atoms with Gasteiger partial charge < -0.3 is 0 Å². The third-order valence-corrected chi connectivity index (χ3v) is 6.24. The molecule has 0 amide bonds. The van der Waals surface area contributed by atoms with Gasteiger partial charge in [0.15, 0.2) is 0 Å². The number of halogens is 3. The van der Waals surface area contributed by atoms with E-state index in [-0.39, 0.29) is 5.69 Å². The summed E-state index contributed by atoms with van der Waals surface area (Å²) in [6.07, 6.45) is -1.32. The van der Waals surface area contributed by atoms with Gasteiger partial charge in [0.1, 0.15) is 0 Å². The van der Waals surface area contributed by atoms with Crippen LogP contribution in [-0.2, 0) is 22.0 Å². The first-order valence-corrected chi connectivity index (χ1v) is 10.5. The number of anilines is 1. The van der Waals surface area contributed by atoms with Crippen LogP contribution < -0.4 is 4.72 Å². The number of alkyl halides is 3. The average molecular weight is 424 g/mol. The zero-order valence-electron chi connectivity index (χ0n) is 14.3. The first kappa shape index (κ1) is 20.2. The molecule has 146 valence electrons. The van der Waals surface area contributed by atoms with Crippen molar-refractivity contribution in [2.75, 3.05) is 4.72 Å². The van der Waals surface area contributed by atoms with Crippen LogP contribution in [0.3, 0.4) is 0 Å². The number of hydrogen-bond donors (Lipinski definition) is 1. The number of hydrogen-bond acceptors (Lipinski definition) is 4. The topological polar surface area (TPSA) is 59.1 Å². The molecule has 28 heavy (non-hydrogen) atoms. The number of nitrogens with one attached hydrogen (secondary N) is 1. The largest absolute Gasteiger partial charge is 0.417 e. The van der Waals surface area contributed by atoms with E-state index in [1.54, 1.807) is 24.5 Å². The summed E-state index contributed by atoms with van der Waals surface area (Å²) in [5.41, 5.74) is 0.0230. The van der Waals surface area contributed by atoms with Crippen LogP contribution >= 0.6 is 11.8 Å². The van der Waals surface area contributed by atoms with Gasteiger partial charge in [-0.3, -0.25) is 9.71 Å². The Bertz CT molecular complexity index is 1040. The molecule has 0 bridgehead atoms. The minimum Gasteiger partial charge on any atom is -0.280 e. The molecular weight excluding hydrogens is 409 g/mol. The zero-order chi connectivity index (χ0) is 20.2. The quantitative estimate of drug-likeness (QED) is 0.553. The zero-order valence-corrected chi connectivity index (χ0v) is 16.0. The summed E-state index contributed by atoms with van der Waals surface area (Å²) in [6.45, 7) is 0. The Kier molecular flexibility index (Phi) is 5.95. The summed E-state index contributed by atoms with van der Waals surface area (Å²) >= 11 is 1.54. The molecule has 2 aromatic carbocycles. The highest BCUT2D eigenvalue weighted by atomic mass is 32.2. The number of benzene rings is 2. The van der Waals surface area contributed by atoms with Crippen LogP contribution in [0.15, 0.2) is 82.8 Å². The third-order valence-electron chi connectivity index (χ3n) is 3.72. The number of sulfonamides is 1. The lowest BCUT2D eigenvalue weighted by molar-refractivity contribution is -0.139. The Labute approximate surface area is 164 Å². The Morgan fingerprint density at radius 3 is 2.32 bits per heavy atom. The van der Waals surface area contributed by atoms with Gasteiger partial charge in [-0.25, -0.2) is 8.42 Å². The van der Waals surface area contributed by atoms with E-state index in [0.717, 1.165) is 28.7 Å². The number of nitrogens with zero attached hydrogens (tertiary/aromatic N) is 1. The predicted octanol–water partition coefficient (Wildman–Crippen LogP) is 5.19. The molecule has 9 heteroatoms. The Morgan fingerprint density at radius 1 is 0.964 bits per heavy atom. The lowest BCUT2D eigenvalue weighted by Gasteiger charge is -2.14. The van der Waals surface area contributed by atoms with E-state index in [0.29, 0.717) is 5.75 Å². The van der Waals surface area contributed by atoms with E-state index in [1.165, 1.54) is 30.0 Å². The highest BCUT2D eigenvalue weighted by molar-refractivity contribution is 7.98. The van der Waals surface area contributed by atoms with Crippen molar-refractivity contribution in [1.29, 1.82) is 0 Å². The van der Waals surface area contributed by atoms with E-state index in [1.807, 2.05) is 12.1 Å². The van der Waals surface area contributed by atoms with Gasteiger partial charge in [-0.1, -0.05) is 18.2 Å². The second kappa shape index (κ2) is 8.24. The molecule has 0 aliphatic heterocycles. The van der Waals surface area contributed by atoms with Gasteiger partial charge in [-0.05, 0) is 48.0 Å². The molecule has 0 aliphatic rings. The van der Waals surface area contributed by atoms with Gasteiger partial charge in [0.25, 0.3) is 10.0 Å². The van der Waals surface area contributed by atoms with Crippen molar-refractivity contribution in [2.45, 2.75) is 21.7 Å². The van der Waals surface area contributed by atoms with Crippen molar-refractivity contribution in [3.05, 3.63) is 84.2 Å². The molecule has 1 heterocycles. The Hall–Kier alpha value is -2.52. The monoisotopic (exact) mass is 424 g/mol. The van der Waals surface area contributed by atoms with E-state index < -0.39 is 26.7 Å². The molecule has 0 atom stereocenters. The van der Waals surface area contributed by atoms with Gasteiger partial charge in [0.2, 0.25) is 0 Å². The summed E-state index contributed by atoms with van der Waals surface area (Å²) in [7, 11) is -4.38. The molecule has 4 nitrogen and oxygen atoms in total. The maximum absolute atomic E-state index is 13.1. The van der Waals surface area contributed by atoms with Crippen molar-refractivity contribution >= 4 is 27.5 Å². The van der Waals surface area contributed by atoms with E-state index in [4.69, 9.17) is 0 Å². The van der Waals surface area contributed by atoms with Crippen LogP contribution in [0.1, 0.15) is 11.1 Å².